The van der Waals surface area contributed by atoms with Crippen LogP contribution in [0.4, 0.5) is 14.5 Å². The molecule has 1 saturated heterocycles. The van der Waals surface area contributed by atoms with Crippen molar-refractivity contribution in [2.45, 2.75) is 12.3 Å². The molecule has 4 N–H and O–H groups in total. The van der Waals surface area contributed by atoms with E-state index in [0.29, 0.717) is 18.9 Å². The van der Waals surface area contributed by atoms with Crippen molar-refractivity contribution in [2.75, 3.05) is 19.7 Å². The Bertz CT molecular complexity index is 1200. The summed E-state index contributed by atoms with van der Waals surface area (Å²) in [5, 5.41) is 6.56. The summed E-state index contributed by atoms with van der Waals surface area (Å²) in [4.78, 5) is 8.30. The van der Waals surface area contributed by atoms with Crippen LogP contribution in [0.5, 0.6) is 5.75 Å². The lowest BCUT2D eigenvalue weighted by atomic mass is 9.92. The molecule has 0 spiro atoms. The van der Waals surface area contributed by atoms with Gasteiger partial charge in [-0.05, 0) is 29.8 Å². The van der Waals surface area contributed by atoms with E-state index in [1.165, 1.54) is 11.6 Å². The van der Waals surface area contributed by atoms with E-state index in [1.54, 1.807) is 4.68 Å². The molecule has 3 heterocycles. The number of nitrogens with zero attached hydrogens (tertiary/aromatic N) is 3. The van der Waals surface area contributed by atoms with Gasteiger partial charge in [-0.25, -0.2) is 13.9 Å². The minimum Gasteiger partial charge on any atom is -0.493 e. The number of aromatic amines is 1. The molecule has 158 valence electrons. The number of nitrogens with two attached hydrogens (primary N) is 1. The van der Waals surface area contributed by atoms with Gasteiger partial charge < -0.3 is 15.8 Å². The zero-order valence-corrected chi connectivity index (χ0v) is 16.6. The third-order valence-corrected chi connectivity index (χ3v) is 5.53. The van der Waals surface area contributed by atoms with Crippen LogP contribution in [0.25, 0.3) is 11.3 Å². The molecule has 0 saturated carbocycles. The van der Waals surface area contributed by atoms with E-state index in [1.807, 2.05) is 6.20 Å². The summed E-state index contributed by atoms with van der Waals surface area (Å²) < 4.78 is 34.9. The fourth-order valence-corrected chi connectivity index (χ4v) is 3.78. The first kappa shape index (κ1) is 19.4. The standard InChI is InChI=1S/C22H20F2N6O/c23-16-2-4-19(18(24)8-16)28-22(27-12-25)30-11-14-5-6-31-20-7-13(15-9-26-10-15)1-3-17(20)21(14)29-30/h1-4,7-8,11-12,15,26H,5-6,9-10H2,(H2,25,27,28)/p+1. The number of hydrogen-bond acceptors (Lipinski definition) is 3. The topological polar surface area (TPSA) is 91.7 Å². The summed E-state index contributed by atoms with van der Waals surface area (Å²) in [6.45, 7) is 2.48. The maximum atomic E-state index is 14.1. The molecule has 9 heteroatoms. The molecular weight excluding hydrogens is 402 g/mol. The first-order valence-corrected chi connectivity index (χ1v) is 10.0. The Kier molecular flexibility index (Phi) is 4.95. The van der Waals surface area contributed by atoms with Crippen molar-refractivity contribution < 1.29 is 18.2 Å². The number of H-pyrrole nitrogens is 1. The van der Waals surface area contributed by atoms with Crippen molar-refractivity contribution in [2.24, 2.45) is 15.7 Å². The second kappa shape index (κ2) is 7.92. The van der Waals surface area contributed by atoms with Crippen molar-refractivity contribution in [3.8, 4) is 17.0 Å². The van der Waals surface area contributed by atoms with Gasteiger partial charge in [0.1, 0.15) is 11.6 Å². The van der Waals surface area contributed by atoms with Crippen molar-refractivity contribution in [1.82, 2.24) is 10.4 Å². The highest BCUT2D eigenvalue weighted by atomic mass is 19.1. The quantitative estimate of drug-likeness (QED) is 0.336. The smallest absolute Gasteiger partial charge is 0.457 e. The molecule has 0 radical (unpaired) electrons. The summed E-state index contributed by atoms with van der Waals surface area (Å²) in [7, 11) is 0. The van der Waals surface area contributed by atoms with Crippen molar-refractivity contribution in [3.05, 3.63) is 65.4 Å². The minimum atomic E-state index is -0.782. The van der Waals surface area contributed by atoms with E-state index in [4.69, 9.17) is 10.5 Å². The van der Waals surface area contributed by atoms with Crippen LogP contribution in [0.15, 0.2) is 52.6 Å². The van der Waals surface area contributed by atoms with Crippen LogP contribution >= 0.6 is 0 Å². The first-order chi connectivity index (χ1) is 15.1. The fourth-order valence-electron chi connectivity index (χ4n) is 3.78. The van der Waals surface area contributed by atoms with E-state index in [0.717, 1.165) is 54.1 Å². The Labute approximate surface area is 177 Å². The molecular formula is C22H21F2N6O+. The van der Waals surface area contributed by atoms with Gasteiger partial charge in [-0.15, -0.1) is 4.68 Å². The number of halogens is 2. The highest BCUT2D eigenvalue weighted by molar-refractivity contribution is 5.82. The predicted octanol–water partition coefficient (Wildman–Crippen LogP) is 2.39. The normalized spacial score (nSPS) is 16.4. The van der Waals surface area contributed by atoms with E-state index >= 15 is 0 Å². The molecule has 0 unspecified atom stereocenters. The number of nitrogens with one attached hydrogen (secondary N) is 2. The van der Waals surface area contributed by atoms with Gasteiger partial charge in [-0.1, -0.05) is 16.1 Å². The second-order valence-corrected chi connectivity index (χ2v) is 7.51. The van der Waals surface area contributed by atoms with Gasteiger partial charge in [0.05, 0.1) is 18.5 Å². The second-order valence-electron chi connectivity index (χ2n) is 7.51. The number of aliphatic imine (C=N–C) groups is 2. The lowest BCUT2D eigenvalue weighted by Crippen LogP contribution is -2.43. The lowest BCUT2D eigenvalue weighted by Gasteiger charge is -2.28. The van der Waals surface area contributed by atoms with E-state index < -0.39 is 11.6 Å². The van der Waals surface area contributed by atoms with Gasteiger partial charge in [-0.3, -0.25) is 0 Å². The summed E-state index contributed by atoms with van der Waals surface area (Å²) in [5.74, 6) is 0.000107. The zero-order valence-electron chi connectivity index (χ0n) is 16.6. The zero-order chi connectivity index (χ0) is 21.4. The number of aromatic nitrogens is 2. The lowest BCUT2D eigenvalue weighted by molar-refractivity contribution is -0.618. The van der Waals surface area contributed by atoms with Gasteiger partial charge >= 0.3 is 5.96 Å². The number of benzene rings is 2. The molecule has 0 bridgehead atoms. The van der Waals surface area contributed by atoms with Crippen LogP contribution in [0.1, 0.15) is 17.0 Å². The third kappa shape index (κ3) is 3.68. The molecule has 1 fully saturated rings. The average molecular weight is 423 g/mol. The molecule has 2 aliphatic heterocycles. The Morgan fingerprint density at radius 2 is 2.06 bits per heavy atom. The van der Waals surface area contributed by atoms with Crippen LogP contribution < -0.4 is 20.5 Å². The highest BCUT2D eigenvalue weighted by Gasteiger charge is 2.26. The van der Waals surface area contributed by atoms with Gasteiger partial charge in [0.15, 0.2) is 17.8 Å². The van der Waals surface area contributed by atoms with Crippen molar-refractivity contribution in [1.29, 1.82) is 0 Å². The minimum absolute atomic E-state index is 0.0400. The van der Waals surface area contributed by atoms with E-state index in [-0.39, 0.29) is 11.6 Å². The first-order valence-electron chi connectivity index (χ1n) is 10.0. The number of fused-ring (bicyclic) bond motifs is 3. The number of hydrogen-bond donors (Lipinski definition) is 3. The highest BCUT2D eigenvalue weighted by Crippen LogP contribution is 2.36. The average Bonchev–Trinajstić information content (AvgIpc) is 3.05. The van der Waals surface area contributed by atoms with E-state index in [9.17, 15) is 8.78 Å². The largest absolute Gasteiger partial charge is 0.493 e. The van der Waals surface area contributed by atoms with Gasteiger partial charge in [0.2, 0.25) is 0 Å². The third-order valence-electron chi connectivity index (χ3n) is 5.53. The monoisotopic (exact) mass is 423 g/mol. The summed E-state index contributed by atoms with van der Waals surface area (Å²) in [5.41, 5.74) is 9.53. The van der Waals surface area contributed by atoms with Crippen molar-refractivity contribution in [3.63, 3.8) is 0 Å². The Hall–Kier alpha value is -3.59. The summed E-state index contributed by atoms with van der Waals surface area (Å²) >= 11 is 0. The maximum absolute atomic E-state index is 14.1. The van der Waals surface area contributed by atoms with Gasteiger partial charge in [-0.2, -0.15) is 0 Å². The molecule has 2 aliphatic rings. The molecule has 5 rings (SSSR count). The molecule has 1 aromatic heterocycles. The Morgan fingerprint density at radius 3 is 2.81 bits per heavy atom. The SMILES string of the molecule is N/C=N\C(=Nc1ccc(F)cc1F)[n+]1cc2c([nH]1)-c1ccc(C3CNC3)cc1OCC2. The molecule has 0 atom stereocenters. The molecule has 31 heavy (non-hydrogen) atoms. The predicted molar refractivity (Wildman–Crippen MR) is 113 cm³/mol. The molecule has 0 aliphatic carbocycles. The van der Waals surface area contributed by atoms with Crippen molar-refractivity contribution >= 4 is 18.0 Å². The maximum Gasteiger partial charge on any atom is 0.457 e. The summed E-state index contributed by atoms with van der Waals surface area (Å²) in [6, 6.07) is 9.45. The van der Waals surface area contributed by atoms with Gasteiger partial charge in [0, 0.05) is 42.6 Å². The fraction of sp³-hybridized carbons (Fsp3) is 0.227. The van der Waals surface area contributed by atoms with Crippen LogP contribution in [0.3, 0.4) is 0 Å². The Balaban J connectivity index is 1.56. The van der Waals surface area contributed by atoms with E-state index in [2.05, 4.69) is 38.6 Å². The summed E-state index contributed by atoms with van der Waals surface area (Å²) in [6.07, 6.45) is 3.60. The van der Waals surface area contributed by atoms with Crippen LogP contribution in [-0.4, -0.2) is 37.1 Å². The van der Waals surface area contributed by atoms with Crippen LogP contribution in [0, 0.1) is 11.6 Å². The number of rotatable bonds is 2. The van der Waals surface area contributed by atoms with Crippen LogP contribution in [-0.2, 0) is 6.42 Å². The molecule has 0 amide bonds. The van der Waals surface area contributed by atoms with Gasteiger partial charge in [0.25, 0.3) is 0 Å². The molecule has 7 nitrogen and oxygen atoms in total. The Morgan fingerprint density at radius 1 is 1.19 bits per heavy atom. The molecule has 3 aromatic rings. The van der Waals surface area contributed by atoms with Crippen LogP contribution in [0.2, 0.25) is 0 Å². The molecule has 2 aromatic carbocycles. The number of ether oxygens (including phenoxy) is 1.